The SMILES string of the molecule is CCCC(C)(CCC)c1cc(C)[nH]n1. The molecule has 0 atom stereocenters. The lowest BCUT2D eigenvalue weighted by Crippen LogP contribution is -2.22. The van der Waals surface area contributed by atoms with Crippen LogP contribution in [0.4, 0.5) is 0 Å². The first kappa shape index (κ1) is 11.3. The van der Waals surface area contributed by atoms with Gasteiger partial charge in [-0.25, -0.2) is 0 Å². The molecule has 0 aromatic carbocycles. The molecule has 1 aromatic heterocycles. The summed E-state index contributed by atoms with van der Waals surface area (Å²) in [6, 6.07) is 2.19. The summed E-state index contributed by atoms with van der Waals surface area (Å²) in [5.41, 5.74) is 2.67. The third-order valence-corrected chi connectivity index (χ3v) is 2.93. The van der Waals surface area contributed by atoms with E-state index in [0.717, 1.165) is 0 Å². The molecule has 2 heteroatoms. The molecule has 0 bridgehead atoms. The summed E-state index contributed by atoms with van der Waals surface area (Å²) < 4.78 is 0. The van der Waals surface area contributed by atoms with E-state index in [2.05, 4.69) is 44.0 Å². The first-order valence-electron chi connectivity index (χ1n) is 5.65. The van der Waals surface area contributed by atoms with Crippen molar-refractivity contribution in [2.24, 2.45) is 0 Å². The van der Waals surface area contributed by atoms with E-state index in [9.17, 15) is 0 Å². The Kier molecular flexibility index (Phi) is 3.73. The highest BCUT2D eigenvalue weighted by Gasteiger charge is 2.26. The Bertz CT molecular complexity index is 270. The Morgan fingerprint density at radius 3 is 2.21 bits per heavy atom. The first-order chi connectivity index (χ1) is 6.62. The molecule has 0 saturated carbocycles. The number of aryl methyl sites for hydroxylation is 1. The van der Waals surface area contributed by atoms with Crippen molar-refractivity contribution < 1.29 is 0 Å². The van der Waals surface area contributed by atoms with Crippen LogP contribution in [0.5, 0.6) is 0 Å². The highest BCUT2D eigenvalue weighted by molar-refractivity contribution is 5.17. The molecule has 0 aliphatic carbocycles. The van der Waals surface area contributed by atoms with Crippen molar-refractivity contribution >= 4 is 0 Å². The number of nitrogens with one attached hydrogen (secondary N) is 1. The van der Waals surface area contributed by atoms with Gasteiger partial charge in [0.2, 0.25) is 0 Å². The Morgan fingerprint density at radius 1 is 1.29 bits per heavy atom. The molecule has 0 radical (unpaired) electrons. The van der Waals surface area contributed by atoms with Crippen LogP contribution in [0.2, 0.25) is 0 Å². The highest BCUT2D eigenvalue weighted by Crippen LogP contribution is 2.32. The number of hydrogen-bond donors (Lipinski definition) is 1. The zero-order chi connectivity index (χ0) is 10.6. The van der Waals surface area contributed by atoms with E-state index >= 15 is 0 Å². The molecule has 80 valence electrons. The predicted molar refractivity (Wildman–Crippen MR) is 60.5 cm³/mol. The van der Waals surface area contributed by atoms with Crippen LogP contribution in [0, 0.1) is 6.92 Å². The summed E-state index contributed by atoms with van der Waals surface area (Å²) in [6.07, 6.45) is 4.90. The number of aromatic nitrogens is 2. The van der Waals surface area contributed by atoms with E-state index < -0.39 is 0 Å². The van der Waals surface area contributed by atoms with E-state index in [4.69, 9.17) is 0 Å². The highest BCUT2D eigenvalue weighted by atomic mass is 15.1. The van der Waals surface area contributed by atoms with Crippen molar-refractivity contribution in [1.29, 1.82) is 0 Å². The Balaban J connectivity index is 2.86. The van der Waals surface area contributed by atoms with Crippen molar-refractivity contribution in [3.63, 3.8) is 0 Å². The molecule has 1 N–H and O–H groups in total. The summed E-state index contributed by atoms with van der Waals surface area (Å²) in [5.74, 6) is 0. The third-order valence-electron chi connectivity index (χ3n) is 2.93. The standard InChI is InChI=1S/C12H22N2/c1-5-7-12(4,8-6-2)11-9-10(3)13-14-11/h9H,5-8H2,1-4H3,(H,13,14). The molecule has 0 aliphatic rings. The van der Waals surface area contributed by atoms with E-state index in [1.165, 1.54) is 37.1 Å². The minimum absolute atomic E-state index is 0.272. The normalized spacial score (nSPS) is 12.0. The Hall–Kier alpha value is -0.790. The van der Waals surface area contributed by atoms with Gasteiger partial charge < -0.3 is 0 Å². The van der Waals surface area contributed by atoms with Crippen LogP contribution in [-0.4, -0.2) is 10.2 Å². The van der Waals surface area contributed by atoms with Crippen molar-refractivity contribution in [2.45, 2.75) is 58.8 Å². The van der Waals surface area contributed by atoms with E-state index in [-0.39, 0.29) is 5.41 Å². The average molecular weight is 194 g/mol. The van der Waals surface area contributed by atoms with Crippen LogP contribution in [0.3, 0.4) is 0 Å². The molecule has 14 heavy (non-hydrogen) atoms. The van der Waals surface area contributed by atoms with Crippen LogP contribution in [0.25, 0.3) is 0 Å². The maximum Gasteiger partial charge on any atom is 0.0683 e. The molecule has 0 saturated heterocycles. The molecule has 1 aromatic rings. The number of hydrogen-bond acceptors (Lipinski definition) is 1. The Labute approximate surface area is 87.1 Å². The minimum atomic E-state index is 0.272. The monoisotopic (exact) mass is 194 g/mol. The molecule has 0 spiro atoms. The van der Waals surface area contributed by atoms with Crippen molar-refractivity contribution in [2.75, 3.05) is 0 Å². The molecule has 2 nitrogen and oxygen atoms in total. The third kappa shape index (κ3) is 2.37. The molecule has 1 heterocycles. The van der Waals surface area contributed by atoms with Gasteiger partial charge in [-0.05, 0) is 25.8 Å². The number of H-pyrrole nitrogens is 1. The van der Waals surface area contributed by atoms with Gasteiger partial charge in [-0.3, -0.25) is 5.10 Å². The maximum atomic E-state index is 4.40. The number of rotatable bonds is 5. The van der Waals surface area contributed by atoms with Gasteiger partial charge in [0.25, 0.3) is 0 Å². The van der Waals surface area contributed by atoms with Gasteiger partial charge in [0, 0.05) is 11.1 Å². The smallest absolute Gasteiger partial charge is 0.0683 e. The largest absolute Gasteiger partial charge is 0.283 e. The van der Waals surface area contributed by atoms with Crippen molar-refractivity contribution in [3.8, 4) is 0 Å². The van der Waals surface area contributed by atoms with Gasteiger partial charge >= 0.3 is 0 Å². The van der Waals surface area contributed by atoms with Crippen LogP contribution in [-0.2, 0) is 5.41 Å². The van der Waals surface area contributed by atoms with Gasteiger partial charge in [0.05, 0.1) is 5.69 Å². The molecule has 0 aliphatic heterocycles. The summed E-state index contributed by atoms with van der Waals surface area (Å²) in [6.45, 7) is 8.88. The van der Waals surface area contributed by atoms with Crippen LogP contribution in [0.1, 0.15) is 57.8 Å². The molecular formula is C12H22N2. The average Bonchev–Trinajstić information content (AvgIpc) is 2.53. The van der Waals surface area contributed by atoms with Crippen LogP contribution >= 0.6 is 0 Å². The lowest BCUT2D eigenvalue weighted by Gasteiger charge is -2.26. The fourth-order valence-corrected chi connectivity index (χ4v) is 2.21. The van der Waals surface area contributed by atoms with Crippen LogP contribution in [0.15, 0.2) is 6.07 Å². The fourth-order valence-electron chi connectivity index (χ4n) is 2.21. The zero-order valence-electron chi connectivity index (χ0n) is 9.85. The topological polar surface area (TPSA) is 28.7 Å². The van der Waals surface area contributed by atoms with Crippen molar-refractivity contribution in [1.82, 2.24) is 10.2 Å². The molecule has 1 rings (SSSR count). The fraction of sp³-hybridized carbons (Fsp3) is 0.750. The zero-order valence-corrected chi connectivity index (χ0v) is 9.85. The first-order valence-corrected chi connectivity index (χ1v) is 5.65. The summed E-state index contributed by atoms with van der Waals surface area (Å²) in [4.78, 5) is 0. The Morgan fingerprint density at radius 2 is 1.86 bits per heavy atom. The van der Waals surface area contributed by atoms with Gasteiger partial charge in [0.15, 0.2) is 0 Å². The van der Waals surface area contributed by atoms with E-state index in [1.807, 2.05) is 0 Å². The lowest BCUT2D eigenvalue weighted by molar-refractivity contribution is 0.381. The van der Waals surface area contributed by atoms with E-state index in [1.54, 1.807) is 0 Å². The quantitative estimate of drug-likeness (QED) is 0.762. The second-order valence-corrected chi connectivity index (χ2v) is 4.50. The molecule has 0 amide bonds. The summed E-state index contributed by atoms with van der Waals surface area (Å²) >= 11 is 0. The number of nitrogens with zero attached hydrogens (tertiary/aromatic N) is 1. The van der Waals surface area contributed by atoms with E-state index in [0.29, 0.717) is 0 Å². The minimum Gasteiger partial charge on any atom is -0.283 e. The predicted octanol–water partition coefficient (Wildman–Crippen LogP) is 3.58. The lowest BCUT2D eigenvalue weighted by atomic mass is 9.78. The van der Waals surface area contributed by atoms with Gasteiger partial charge in [-0.1, -0.05) is 33.6 Å². The second kappa shape index (κ2) is 4.63. The van der Waals surface area contributed by atoms with Crippen LogP contribution < -0.4 is 0 Å². The summed E-state index contributed by atoms with van der Waals surface area (Å²) in [5, 5.41) is 7.44. The van der Waals surface area contributed by atoms with Gasteiger partial charge in [-0.15, -0.1) is 0 Å². The molecule has 0 unspecified atom stereocenters. The van der Waals surface area contributed by atoms with Gasteiger partial charge in [-0.2, -0.15) is 5.10 Å². The maximum absolute atomic E-state index is 4.40. The molecule has 0 fully saturated rings. The summed E-state index contributed by atoms with van der Waals surface area (Å²) in [7, 11) is 0. The van der Waals surface area contributed by atoms with Crippen molar-refractivity contribution in [3.05, 3.63) is 17.5 Å². The number of aromatic amines is 1. The molecular weight excluding hydrogens is 172 g/mol. The van der Waals surface area contributed by atoms with Gasteiger partial charge in [0.1, 0.15) is 0 Å². The second-order valence-electron chi connectivity index (χ2n) is 4.50.